The minimum atomic E-state index is -3.56. The molecule has 0 radical (unpaired) electrons. The van der Waals surface area contributed by atoms with E-state index in [1.807, 2.05) is 0 Å². The molecule has 0 spiro atoms. The quantitative estimate of drug-likeness (QED) is 0.159. The summed E-state index contributed by atoms with van der Waals surface area (Å²) >= 11 is 5.87. The number of halogens is 7. The van der Waals surface area contributed by atoms with Crippen LogP contribution in [0.15, 0.2) is 54.7 Å². The minimum Gasteiger partial charge on any atom is -0.478 e. The third-order valence-electron chi connectivity index (χ3n) is 5.12. The van der Waals surface area contributed by atoms with Crippen molar-refractivity contribution in [2.45, 2.75) is 12.7 Å². The molecule has 1 aromatic heterocycles. The Morgan fingerprint density at radius 2 is 1.59 bits per heavy atom. The smallest absolute Gasteiger partial charge is 0.335 e. The topological polar surface area (TPSA) is 101 Å². The maximum atomic E-state index is 15.0. The maximum Gasteiger partial charge on any atom is 0.335 e. The molecule has 0 aliphatic heterocycles. The lowest BCUT2D eigenvalue weighted by Crippen LogP contribution is -2.36. The molecular formula is C25H14ClF6N3O4. The molecule has 1 atom stereocenters. The van der Waals surface area contributed by atoms with Crippen LogP contribution in [-0.2, 0) is 0 Å². The number of carbonyl (C=O) groups excluding carboxylic acids is 1. The maximum absolute atomic E-state index is 15.0. The SMILES string of the molecule is O=C(O)c1cc(Nc2c(C(=O)NC(F)C(F)F)cnc3cc(Cl)cc(F)c23)cc(Oc2cc(F)cc(F)c2)c1. The molecular weight excluding hydrogens is 556 g/mol. The van der Waals surface area contributed by atoms with Gasteiger partial charge in [-0.2, -0.15) is 0 Å². The van der Waals surface area contributed by atoms with Gasteiger partial charge in [0.15, 0.2) is 0 Å². The number of anilines is 2. The molecule has 1 amide bonds. The van der Waals surface area contributed by atoms with Crippen LogP contribution < -0.4 is 15.4 Å². The third kappa shape index (κ3) is 6.32. The van der Waals surface area contributed by atoms with Gasteiger partial charge in [-0.05, 0) is 24.3 Å². The van der Waals surface area contributed by atoms with E-state index in [0.717, 1.165) is 42.6 Å². The summed E-state index contributed by atoms with van der Waals surface area (Å²) in [7, 11) is 0. The van der Waals surface area contributed by atoms with Crippen molar-refractivity contribution in [2.24, 2.45) is 0 Å². The van der Waals surface area contributed by atoms with Crippen molar-refractivity contribution in [3.05, 3.63) is 88.3 Å². The lowest BCUT2D eigenvalue weighted by Gasteiger charge is -2.17. The van der Waals surface area contributed by atoms with E-state index >= 15 is 4.39 Å². The highest BCUT2D eigenvalue weighted by atomic mass is 35.5. The number of hydrogen-bond donors (Lipinski definition) is 3. The van der Waals surface area contributed by atoms with Crippen LogP contribution in [0.2, 0.25) is 5.02 Å². The lowest BCUT2D eigenvalue weighted by molar-refractivity contribution is 0.0287. The number of rotatable bonds is 8. The normalized spacial score (nSPS) is 11.9. The van der Waals surface area contributed by atoms with E-state index in [-0.39, 0.29) is 33.1 Å². The van der Waals surface area contributed by atoms with Gasteiger partial charge in [-0.25, -0.2) is 31.1 Å². The van der Waals surface area contributed by atoms with Gasteiger partial charge in [-0.3, -0.25) is 9.78 Å². The fourth-order valence-corrected chi connectivity index (χ4v) is 3.73. The third-order valence-corrected chi connectivity index (χ3v) is 5.33. The van der Waals surface area contributed by atoms with Crippen LogP contribution >= 0.6 is 11.6 Å². The monoisotopic (exact) mass is 569 g/mol. The lowest BCUT2D eigenvalue weighted by atomic mass is 10.1. The standard InChI is InChI=1S/C25H14ClF6N3O4/c26-11-3-18(29)20-19(4-11)33-9-17(24(36)35-23(32)22(30)31)21(20)34-14-1-10(25(37)38)2-15(8-14)39-16-6-12(27)5-13(28)7-16/h1-9,22-23H,(H,33,34)(H,35,36)(H,37,38). The van der Waals surface area contributed by atoms with E-state index in [0.29, 0.717) is 6.07 Å². The van der Waals surface area contributed by atoms with Gasteiger partial charge >= 0.3 is 5.97 Å². The number of pyridine rings is 1. The number of carboxylic acids is 1. The van der Waals surface area contributed by atoms with E-state index in [1.54, 1.807) is 0 Å². The fourth-order valence-electron chi connectivity index (χ4n) is 3.53. The summed E-state index contributed by atoms with van der Waals surface area (Å²) in [5.74, 6) is -6.36. The molecule has 1 heterocycles. The molecule has 0 saturated heterocycles. The Balaban J connectivity index is 1.84. The van der Waals surface area contributed by atoms with Crippen molar-refractivity contribution in [3.8, 4) is 11.5 Å². The number of benzene rings is 3. The highest BCUT2D eigenvalue weighted by molar-refractivity contribution is 6.31. The minimum absolute atomic E-state index is 0.0666. The van der Waals surface area contributed by atoms with Crippen molar-refractivity contribution in [1.29, 1.82) is 0 Å². The Morgan fingerprint density at radius 1 is 0.923 bits per heavy atom. The molecule has 0 bridgehead atoms. The number of ether oxygens (including phenoxy) is 1. The van der Waals surface area contributed by atoms with Gasteiger partial charge in [0, 0.05) is 41.2 Å². The zero-order valence-corrected chi connectivity index (χ0v) is 19.9. The first kappa shape index (κ1) is 27.5. The molecule has 3 N–H and O–H groups in total. The molecule has 1 unspecified atom stereocenters. The molecule has 4 rings (SSSR count). The average Bonchev–Trinajstić information content (AvgIpc) is 2.82. The van der Waals surface area contributed by atoms with Crippen molar-refractivity contribution in [1.82, 2.24) is 10.3 Å². The first-order chi connectivity index (χ1) is 18.4. The van der Waals surface area contributed by atoms with E-state index in [2.05, 4.69) is 10.3 Å². The summed E-state index contributed by atoms with van der Waals surface area (Å²) in [6.45, 7) is 0. The predicted molar refractivity (Wildman–Crippen MR) is 128 cm³/mol. The molecule has 4 aromatic rings. The zero-order chi connectivity index (χ0) is 28.4. The summed E-state index contributed by atoms with van der Waals surface area (Å²) in [6, 6.07) is 7.56. The number of nitrogens with zero attached hydrogens (tertiary/aromatic N) is 1. The van der Waals surface area contributed by atoms with E-state index in [4.69, 9.17) is 16.3 Å². The Morgan fingerprint density at radius 3 is 2.23 bits per heavy atom. The molecule has 39 heavy (non-hydrogen) atoms. The van der Waals surface area contributed by atoms with Gasteiger partial charge in [-0.15, -0.1) is 0 Å². The Kier molecular flexibility index (Phi) is 7.81. The van der Waals surface area contributed by atoms with Crippen molar-refractivity contribution in [3.63, 3.8) is 0 Å². The van der Waals surface area contributed by atoms with Crippen LogP contribution in [0.5, 0.6) is 11.5 Å². The number of hydrogen-bond acceptors (Lipinski definition) is 5. The van der Waals surface area contributed by atoms with Crippen LogP contribution in [0.4, 0.5) is 37.7 Å². The van der Waals surface area contributed by atoms with E-state index < -0.39 is 58.9 Å². The van der Waals surface area contributed by atoms with Crippen LogP contribution in [0.3, 0.4) is 0 Å². The molecule has 0 aliphatic carbocycles. The molecule has 7 nitrogen and oxygen atoms in total. The highest BCUT2D eigenvalue weighted by Crippen LogP contribution is 2.35. The molecule has 0 aliphatic rings. The summed E-state index contributed by atoms with van der Waals surface area (Å²) < 4.78 is 86.6. The number of aromatic nitrogens is 1. The average molecular weight is 570 g/mol. The van der Waals surface area contributed by atoms with Gasteiger partial charge in [0.2, 0.25) is 6.30 Å². The first-order valence-electron chi connectivity index (χ1n) is 10.7. The number of nitrogens with one attached hydrogen (secondary N) is 2. The van der Waals surface area contributed by atoms with Gasteiger partial charge in [0.05, 0.1) is 27.7 Å². The van der Waals surface area contributed by atoms with Crippen LogP contribution in [-0.4, -0.2) is 34.7 Å². The Hall–Kier alpha value is -4.52. The van der Waals surface area contributed by atoms with Gasteiger partial charge in [-0.1, -0.05) is 11.6 Å². The summed E-state index contributed by atoms with van der Waals surface area (Å²) in [5.41, 5.74) is -1.63. The predicted octanol–water partition coefficient (Wildman–Crippen LogP) is 6.83. The van der Waals surface area contributed by atoms with Gasteiger partial charge < -0.3 is 20.5 Å². The highest BCUT2D eigenvalue weighted by Gasteiger charge is 2.26. The molecule has 202 valence electrons. The van der Waals surface area contributed by atoms with E-state index in [9.17, 15) is 36.6 Å². The number of fused-ring (bicyclic) bond motifs is 1. The zero-order valence-electron chi connectivity index (χ0n) is 19.1. The van der Waals surface area contributed by atoms with Gasteiger partial charge in [0.25, 0.3) is 12.3 Å². The summed E-state index contributed by atoms with van der Waals surface area (Å²) in [6.07, 6.45) is -5.77. The van der Waals surface area contributed by atoms with Gasteiger partial charge in [0.1, 0.15) is 29.0 Å². The van der Waals surface area contributed by atoms with Crippen LogP contribution in [0, 0.1) is 17.5 Å². The molecule has 0 saturated carbocycles. The Labute approximate surface area is 220 Å². The fraction of sp³-hybridized carbons (Fsp3) is 0.0800. The summed E-state index contributed by atoms with van der Waals surface area (Å²) in [5, 5.41) is 13.1. The van der Waals surface area contributed by atoms with E-state index in [1.165, 1.54) is 11.4 Å². The number of alkyl halides is 3. The second-order valence-electron chi connectivity index (χ2n) is 7.92. The molecule has 3 aromatic carbocycles. The summed E-state index contributed by atoms with van der Waals surface area (Å²) in [4.78, 5) is 28.2. The number of carbonyl (C=O) groups is 2. The van der Waals surface area contributed by atoms with Crippen molar-refractivity contribution in [2.75, 3.05) is 5.32 Å². The van der Waals surface area contributed by atoms with Crippen molar-refractivity contribution >= 4 is 45.8 Å². The molecule has 0 fully saturated rings. The Bertz CT molecular complexity index is 1580. The number of amides is 1. The molecule has 14 heteroatoms. The largest absolute Gasteiger partial charge is 0.478 e. The van der Waals surface area contributed by atoms with Crippen LogP contribution in [0.25, 0.3) is 10.9 Å². The second-order valence-corrected chi connectivity index (χ2v) is 8.36. The van der Waals surface area contributed by atoms with Crippen LogP contribution in [0.1, 0.15) is 20.7 Å². The number of carboxylic acid groups (broad SMARTS) is 1. The first-order valence-corrected chi connectivity index (χ1v) is 11.1. The number of aromatic carboxylic acids is 1. The second kappa shape index (κ2) is 11.1. The van der Waals surface area contributed by atoms with Crippen molar-refractivity contribution < 1.29 is 45.8 Å².